The Hall–Kier alpha value is -1.61. The Kier molecular flexibility index (Phi) is 10.2. The molecule has 9 heteroatoms. The number of thiol groups is 1. The fourth-order valence-electron chi connectivity index (χ4n) is 1.63. The van der Waals surface area contributed by atoms with Crippen LogP contribution in [0.2, 0.25) is 0 Å². The van der Waals surface area contributed by atoms with E-state index in [9.17, 15) is 19.2 Å². The maximum Gasteiger partial charge on any atom is 0.320 e. The van der Waals surface area contributed by atoms with Crippen LogP contribution in [0.25, 0.3) is 0 Å². The van der Waals surface area contributed by atoms with E-state index >= 15 is 0 Å². The third-order valence-electron chi connectivity index (χ3n) is 2.85. The molecule has 0 radical (unpaired) electrons. The first-order chi connectivity index (χ1) is 10.7. The Morgan fingerprint density at radius 2 is 1.78 bits per heavy atom. The average Bonchev–Trinajstić information content (AvgIpc) is 2.46. The van der Waals surface area contributed by atoms with Gasteiger partial charge in [0.15, 0.2) is 5.78 Å². The number of esters is 1. The summed E-state index contributed by atoms with van der Waals surface area (Å²) in [6.45, 7) is 3.41. The largest absolute Gasteiger partial charge is 0.480 e. The van der Waals surface area contributed by atoms with Crippen LogP contribution in [-0.4, -0.2) is 52.7 Å². The molecule has 132 valence electrons. The quantitative estimate of drug-likeness (QED) is 0.302. The highest BCUT2D eigenvalue weighted by Crippen LogP contribution is 2.03. The van der Waals surface area contributed by atoms with E-state index in [0.717, 1.165) is 0 Å². The number of ketones is 1. The van der Waals surface area contributed by atoms with Crippen LogP contribution in [0.15, 0.2) is 0 Å². The molecule has 0 aliphatic rings. The normalized spacial score (nSPS) is 13.3. The molecule has 8 nitrogen and oxygen atoms in total. The number of ether oxygens (including phenoxy) is 1. The molecule has 0 heterocycles. The molecule has 2 atom stereocenters. The highest BCUT2D eigenvalue weighted by molar-refractivity contribution is 7.80. The second kappa shape index (κ2) is 11.0. The summed E-state index contributed by atoms with van der Waals surface area (Å²) in [6, 6.07) is -1.96. The Bertz CT molecular complexity index is 441. The Balaban J connectivity index is 4.26. The van der Waals surface area contributed by atoms with Crippen LogP contribution in [0, 0.1) is 0 Å². The number of carbonyl (C=O) groups excluding carboxylic acids is 3. The zero-order valence-corrected chi connectivity index (χ0v) is 14.2. The number of hydrogen-bond donors (Lipinski definition) is 4. The van der Waals surface area contributed by atoms with Gasteiger partial charge in [-0.3, -0.25) is 19.2 Å². The lowest BCUT2D eigenvalue weighted by molar-refractivity contribution is -0.148. The lowest BCUT2D eigenvalue weighted by Gasteiger charge is -2.16. The molecule has 0 aromatic carbocycles. The van der Waals surface area contributed by atoms with Crippen LogP contribution in [0.3, 0.4) is 0 Å². The minimum Gasteiger partial charge on any atom is -0.480 e. The zero-order chi connectivity index (χ0) is 18.0. The minimum atomic E-state index is -1.19. The van der Waals surface area contributed by atoms with Gasteiger partial charge in [-0.1, -0.05) is 0 Å². The predicted molar refractivity (Wildman–Crippen MR) is 86.1 cm³/mol. The molecular formula is C14H24N2O6S. The number of carboxylic acid groups (broad SMARTS) is 1. The smallest absolute Gasteiger partial charge is 0.320 e. The molecule has 0 bridgehead atoms. The van der Waals surface area contributed by atoms with Crippen LogP contribution in [-0.2, 0) is 23.9 Å². The number of amides is 1. The van der Waals surface area contributed by atoms with E-state index in [1.165, 1.54) is 0 Å². The topological polar surface area (TPSA) is 136 Å². The number of carboxylic acids is 1. The van der Waals surface area contributed by atoms with Gasteiger partial charge in [0.2, 0.25) is 5.91 Å². The van der Waals surface area contributed by atoms with Crippen LogP contribution >= 0.6 is 12.6 Å². The molecule has 0 aromatic rings. The highest BCUT2D eigenvalue weighted by atomic mass is 32.1. The molecule has 23 heavy (non-hydrogen) atoms. The van der Waals surface area contributed by atoms with Crippen molar-refractivity contribution >= 4 is 36.3 Å². The van der Waals surface area contributed by atoms with Crippen molar-refractivity contribution in [3.05, 3.63) is 0 Å². The summed E-state index contributed by atoms with van der Waals surface area (Å²) in [6.07, 6.45) is -0.529. The van der Waals surface area contributed by atoms with Crippen molar-refractivity contribution in [2.24, 2.45) is 5.73 Å². The maximum absolute atomic E-state index is 12.0. The van der Waals surface area contributed by atoms with Crippen molar-refractivity contribution in [1.29, 1.82) is 0 Å². The van der Waals surface area contributed by atoms with Gasteiger partial charge in [0.25, 0.3) is 0 Å². The molecule has 0 unspecified atom stereocenters. The van der Waals surface area contributed by atoms with Gasteiger partial charge in [-0.2, -0.15) is 12.6 Å². The molecule has 0 saturated heterocycles. The number of nitrogens with two attached hydrogens (primary N) is 1. The third kappa shape index (κ3) is 9.90. The first-order valence-electron chi connectivity index (χ1n) is 7.28. The molecule has 0 spiro atoms. The molecule has 0 rings (SSSR count). The Morgan fingerprint density at radius 1 is 1.17 bits per heavy atom. The van der Waals surface area contributed by atoms with E-state index in [2.05, 4.69) is 17.9 Å². The number of Topliss-reactive ketones (excluding diaryl/α,β-unsaturated/α-hetero) is 1. The standard InChI is InChI=1S/C14H24N2O6S/c1-8(2)22-13(19)6-4-11(17)10(7-23)16-12(18)5-3-9(15)14(20)21/h8-10,23H,3-7,15H2,1-2H3,(H,16,18)(H,20,21)/t9-,10-/m0/s1. The van der Waals surface area contributed by atoms with E-state index in [-0.39, 0.29) is 43.3 Å². The summed E-state index contributed by atoms with van der Waals surface area (Å²) in [5, 5.41) is 11.1. The molecule has 0 fully saturated rings. The van der Waals surface area contributed by atoms with Crippen LogP contribution < -0.4 is 11.1 Å². The van der Waals surface area contributed by atoms with E-state index in [0.29, 0.717) is 0 Å². The maximum atomic E-state index is 12.0. The first kappa shape index (κ1) is 21.4. The van der Waals surface area contributed by atoms with Crippen molar-refractivity contribution in [3.8, 4) is 0 Å². The fraction of sp³-hybridized carbons (Fsp3) is 0.714. The highest BCUT2D eigenvalue weighted by Gasteiger charge is 2.21. The molecule has 0 aliphatic heterocycles. The second-order valence-electron chi connectivity index (χ2n) is 5.29. The van der Waals surface area contributed by atoms with Crippen molar-refractivity contribution < 1.29 is 29.0 Å². The van der Waals surface area contributed by atoms with Gasteiger partial charge in [-0.05, 0) is 20.3 Å². The Morgan fingerprint density at radius 3 is 2.26 bits per heavy atom. The molecule has 1 amide bonds. The van der Waals surface area contributed by atoms with Gasteiger partial charge in [-0.15, -0.1) is 0 Å². The van der Waals surface area contributed by atoms with Crippen molar-refractivity contribution in [1.82, 2.24) is 5.32 Å². The van der Waals surface area contributed by atoms with Crippen molar-refractivity contribution in [2.45, 2.75) is 57.7 Å². The monoisotopic (exact) mass is 348 g/mol. The van der Waals surface area contributed by atoms with Crippen LogP contribution in [0.1, 0.15) is 39.5 Å². The minimum absolute atomic E-state index is 0.0324. The van der Waals surface area contributed by atoms with Gasteiger partial charge in [-0.25, -0.2) is 0 Å². The third-order valence-corrected chi connectivity index (χ3v) is 3.21. The van der Waals surface area contributed by atoms with Crippen molar-refractivity contribution in [3.63, 3.8) is 0 Å². The number of nitrogens with one attached hydrogen (secondary N) is 1. The Labute approximate surface area is 140 Å². The molecular weight excluding hydrogens is 324 g/mol. The first-order valence-corrected chi connectivity index (χ1v) is 7.91. The molecule has 0 aliphatic carbocycles. The van der Waals surface area contributed by atoms with E-state index in [1.807, 2.05) is 0 Å². The van der Waals surface area contributed by atoms with Gasteiger partial charge in [0.1, 0.15) is 6.04 Å². The van der Waals surface area contributed by atoms with Crippen molar-refractivity contribution in [2.75, 3.05) is 5.75 Å². The summed E-state index contributed by atoms with van der Waals surface area (Å²) in [5.41, 5.74) is 5.30. The lowest BCUT2D eigenvalue weighted by atomic mass is 10.1. The fourth-order valence-corrected chi connectivity index (χ4v) is 1.92. The summed E-state index contributed by atoms with van der Waals surface area (Å²) in [7, 11) is 0. The van der Waals surface area contributed by atoms with E-state index in [4.69, 9.17) is 15.6 Å². The van der Waals surface area contributed by atoms with Gasteiger partial charge in [0.05, 0.1) is 18.6 Å². The SMILES string of the molecule is CC(C)OC(=O)CCC(=O)[C@H](CS)NC(=O)CC[C@H](N)C(=O)O. The predicted octanol–water partition coefficient (Wildman–Crippen LogP) is -0.106. The van der Waals surface area contributed by atoms with Gasteiger partial charge < -0.3 is 20.9 Å². The summed E-state index contributed by atoms with van der Waals surface area (Å²) < 4.78 is 4.92. The number of rotatable bonds is 11. The number of carbonyl (C=O) groups is 4. The van der Waals surface area contributed by atoms with Crippen LogP contribution in [0.4, 0.5) is 0 Å². The number of aliphatic carboxylic acids is 1. The number of hydrogen-bond acceptors (Lipinski definition) is 7. The lowest BCUT2D eigenvalue weighted by Crippen LogP contribution is -2.43. The zero-order valence-electron chi connectivity index (χ0n) is 13.3. The molecule has 4 N–H and O–H groups in total. The van der Waals surface area contributed by atoms with Crippen LogP contribution in [0.5, 0.6) is 0 Å². The molecule has 0 aromatic heterocycles. The summed E-state index contributed by atoms with van der Waals surface area (Å²) in [5.74, 6) is -2.42. The second-order valence-corrected chi connectivity index (χ2v) is 5.66. The average molecular weight is 348 g/mol. The molecule has 0 saturated carbocycles. The van der Waals surface area contributed by atoms with Gasteiger partial charge in [0, 0.05) is 18.6 Å². The van der Waals surface area contributed by atoms with E-state index < -0.39 is 29.9 Å². The van der Waals surface area contributed by atoms with E-state index in [1.54, 1.807) is 13.8 Å². The van der Waals surface area contributed by atoms with Gasteiger partial charge >= 0.3 is 11.9 Å². The summed E-state index contributed by atoms with van der Waals surface area (Å²) in [4.78, 5) is 45.6. The summed E-state index contributed by atoms with van der Waals surface area (Å²) >= 11 is 4.00.